The molecule has 1 aliphatic carbocycles. The average Bonchev–Trinajstić information content (AvgIpc) is 3.22. The number of carbonyl (C=O) groups excluding carboxylic acids is 1. The number of nitrogens with zero attached hydrogens (tertiary/aromatic N) is 2. The summed E-state index contributed by atoms with van der Waals surface area (Å²) < 4.78 is 52.0. The summed E-state index contributed by atoms with van der Waals surface area (Å²) in [5.74, 6) is -0.222. The second-order valence-electron chi connectivity index (χ2n) is 6.41. The van der Waals surface area contributed by atoms with Gasteiger partial charge in [0, 0.05) is 30.3 Å². The maximum atomic E-state index is 13.7. The second-order valence-corrected chi connectivity index (χ2v) is 6.41. The van der Waals surface area contributed by atoms with Crippen molar-refractivity contribution in [3.63, 3.8) is 0 Å². The summed E-state index contributed by atoms with van der Waals surface area (Å²) in [7, 11) is 0. The largest absolute Gasteiger partial charge is 0.416 e. The van der Waals surface area contributed by atoms with Gasteiger partial charge in [0.15, 0.2) is 5.82 Å². The number of rotatable bonds is 4. The number of benzene rings is 1. The number of aromatic nitrogens is 2. The van der Waals surface area contributed by atoms with Crippen LogP contribution in [0.2, 0.25) is 0 Å². The number of H-pyrrole nitrogens is 1. The zero-order valence-electron chi connectivity index (χ0n) is 14.0. The van der Waals surface area contributed by atoms with Gasteiger partial charge in [0.05, 0.1) is 11.6 Å². The molecule has 9 heteroatoms. The van der Waals surface area contributed by atoms with Crippen molar-refractivity contribution in [3.05, 3.63) is 41.6 Å². The molecule has 1 heterocycles. The molecule has 2 unspecified atom stereocenters. The van der Waals surface area contributed by atoms with Crippen LogP contribution in [0.1, 0.15) is 43.4 Å². The maximum Gasteiger partial charge on any atom is 0.416 e. The lowest BCUT2D eigenvalue weighted by Crippen LogP contribution is -2.29. The highest BCUT2D eigenvalue weighted by atomic mass is 19.4. The number of amides is 1. The van der Waals surface area contributed by atoms with Crippen molar-refractivity contribution in [1.29, 1.82) is 0 Å². The normalized spacial score (nSPS) is 20.2. The van der Waals surface area contributed by atoms with Gasteiger partial charge in [0.2, 0.25) is 5.91 Å². The average molecular weight is 370 g/mol. The van der Waals surface area contributed by atoms with Crippen LogP contribution in [0, 0.1) is 0 Å². The molecule has 0 radical (unpaired) electrons. The number of nitrogens with one attached hydrogen (secondary N) is 2. The SMILES string of the molecule is CC(=O)N(F)C1CCC(c2cc(Nc3cccc(C(F)(F)F)c3)n[nH]2)C1. The highest BCUT2D eigenvalue weighted by Crippen LogP contribution is 2.37. The zero-order valence-corrected chi connectivity index (χ0v) is 14.0. The summed E-state index contributed by atoms with van der Waals surface area (Å²) >= 11 is 0. The molecule has 1 amide bonds. The molecule has 1 aromatic heterocycles. The minimum Gasteiger partial charge on any atom is -0.339 e. The molecule has 3 rings (SSSR count). The van der Waals surface area contributed by atoms with E-state index >= 15 is 0 Å². The van der Waals surface area contributed by atoms with E-state index in [0.717, 1.165) is 17.8 Å². The Morgan fingerprint density at radius 2 is 2.08 bits per heavy atom. The third kappa shape index (κ3) is 3.97. The molecule has 1 aromatic carbocycles. The van der Waals surface area contributed by atoms with Crippen LogP contribution in [-0.2, 0) is 11.0 Å². The van der Waals surface area contributed by atoms with Crippen molar-refractivity contribution in [1.82, 2.24) is 15.3 Å². The number of hydrogen-bond acceptors (Lipinski definition) is 3. The Bertz CT molecular complexity index is 789. The van der Waals surface area contributed by atoms with E-state index in [1.807, 2.05) is 0 Å². The molecule has 140 valence electrons. The van der Waals surface area contributed by atoms with Gasteiger partial charge in [-0.05, 0) is 37.5 Å². The predicted molar refractivity (Wildman–Crippen MR) is 87.3 cm³/mol. The molecule has 0 bridgehead atoms. The van der Waals surface area contributed by atoms with Gasteiger partial charge in [-0.1, -0.05) is 10.5 Å². The van der Waals surface area contributed by atoms with E-state index in [2.05, 4.69) is 15.5 Å². The van der Waals surface area contributed by atoms with Gasteiger partial charge in [-0.15, -0.1) is 0 Å². The smallest absolute Gasteiger partial charge is 0.339 e. The number of hydrogen-bond donors (Lipinski definition) is 2. The molecule has 0 aliphatic heterocycles. The fraction of sp³-hybridized carbons (Fsp3) is 0.412. The Labute approximate surface area is 147 Å². The maximum absolute atomic E-state index is 13.7. The van der Waals surface area contributed by atoms with Crippen molar-refractivity contribution in [2.45, 2.75) is 44.3 Å². The summed E-state index contributed by atoms with van der Waals surface area (Å²) in [4.78, 5) is 11.1. The van der Waals surface area contributed by atoms with Gasteiger partial charge >= 0.3 is 6.18 Å². The van der Waals surface area contributed by atoms with Crippen LogP contribution < -0.4 is 5.32 Å². The molecule has 1 fully saturated rings. The van der Waals surface area contributed by atoms with Crippen molar-refractivity contribution < 1.29 is 22.4 Å². The summed E-state index contributed by atoms with van der Waals surface area (Å²) in [6.07, 6.45) is -2.69. The number of alkyl halides is 3. The lowest BCUT2D eigenvalue weighted by atomic mass is 10.0. The molecule has 2 aromatic rings. The predicted octanol–water partition coefficient (Wildman–Crippen LogP) is 4.54. The van der Waals surface area contributed by atoms with Crippen LogP contribution in [0.4, 0.5) is 29.2 Å². The Kier molecular flexibility index (Phi) is 4.88. The van der Waals surface area contributed by atoms with E-state index in [9.17, 15) is 22.4 Å². The molecular weight excluding hydrogens is 352 g/mol. The molecule has 1 saturated carbocycles. The Balaban J connectivity index is 1.67. The number of aromatic amines is 1. The van der Waals surface area contributed by atoms with Crippen molar-refractivity contribution in [2.24, 2.45) is 0 Å². The monoisotopic (exact) mass is 370 g/mol. The van der Waals surface area contributed by atoms with Crippen LogP contribution in [0.5, 0.6) is 0 Å². The minimum atomic E-state index is -4.41. The van der Waals surface area contributed by atoms with Crippen LogP contribution in [0.25, 0.3) is 0 Å². The van der Waals surface area contributed by atoms with E-state index in [1.54, 1.807) is 6.07 Å². The Hall–Kier alpha value is -2.58. The molecule has 0 saturated heterocycles. The van der Waals surface area contributed by atoms with Gasteiger partial charge in [0.25, 0.3) is 0 Å². The highest BCUT2D eigenvalue weighted by Gasteiger charge is 2.33. The van der Waals surface area contributed by atoms with Gasteiger partial charge in [-0.2, -0.15) is 23.4 Å². The fourth-order valence-corrected chi connectivity index (χ4v) is 3.23. The summed E-state index contributed by atoms with van der Waals surface area (Å²) in [5, 5.41) is 10.00. The molecule has 0 spiro atoms. The molecule has 26 heavy (non-hydrogen) atoms. The molecule has 1 aliphatic rings. The third-order valence-corrected chi connectivity index (χ3v) is 4.53. The molecular formula is C17H18F4N4O. The first-order valence-corrected chi connectivity index (χ1v) is 8.19. The first-order valence-electron chi connectivity index (χ1n) is 8.19. The summed E-state index contributed by atoms with van der Waals surface area (Å²) in [6, 6.07) is 6.08. The first-order chi connectivity index (χ1) is 12.2. The third-order valence-electron chi connectivity index (χ3n) is 4.53. The number of carbonyl (C=O) groups is 1. The van der Waals surface area contributed by atoms with Crippen LogP contribution >= 0.6 is 0 Å². The molecule has 2 atom stereocenters. The topological polar surface area (TPSA) is 61.0 Å². The van der Waals surface area contributed by atoms with E-state index in [-0.39, 0.29) is 16.7 Å². The second kappa shape index (κ2) is 6.97. The van der Waals surface area contributed by atoms with Crippen molar-refractivity contribution in [2.75, 3.05) is 5.32 Å². The Morgan fingerprint density at radius 3 is 2.77 bits per heavy atom. The quantitative estimate of drug-likeness (QED) is 0.614. The summed E-state index contributed by atoms with van der Waals surface area (Å²) in [5.41, 5.74) is 0.289. The molecule has 5 nitrogen and oxygen atoms in total. The molecule has 2 N–H and O–H groups in total. The zero-order chi connectivity index (χ0) is 18.9. The van der Waals surface area contributed by atoms with Crippen molar-refractivity contribution in [3.8, 4) is 0 Å². The van der Waals surface area contributed by atoms with Gasteiger partial charge in [-0.25, -0.2) is 0 Å². The first kappa shape index (κ1) is 18.2. The van der Waals surface area contributed by atoms with Gasteiger partial charge < -0.3 is 5.32 Å². The highest BCUT2D eigenvalue weighted by molar-refractivity contribution is 5.72. The van der Waals surface area contributed by atoms with Crippen LogP contribution in [0.15, 0.2) is 30.3 Å². The van der Waals surface area contributed by atoms with Gasteiger partial charge in [0.1, 0.15) is 0 Å². The Morgan fingerprint density at radius 1 is 1.31 bits per heavy atom. The number of anilines is 2. The van der Waals surface area contributed by atoms with E-state index < -0.39 is 23.7 Å². The van der Waals surface area contributed by atoms with E-state index in [1.165, 1.54) is 19.1 Å². The fourth-order valence-electron chi connectivity index (χ4n) is 3.23. The summed E-state index contributed by atoms with van der Waals surface area (Å²) in [6.45, 7) is 1.18. The van der Waals surface area contributed by atoms with Crippen molar-refractivity contribution >= 4 is 17.4 Å². The van der Waals surface area contributed by atoms with Crippen LogP contribution in [0.3, 0.4) is 0 Å². The van der Waals surface area contributed by atoms with Gasteiger partial charge in [-0.3, -0.25) is 9.89 Å². The minimum absolute atomic E-state index is 0.0159. The number of halogens is 4. The standard InChI is InChI=1S/C17H18F4N4O/c1-10(26)25(21)14-6-5-11(7-14)15-9-16(24-23-15)22-13-4-2-3-12(8-13)17(18,19)20/h2-4,8-9,11,14H,5-7H2,1H3,(H2,22,23,24). The van der Waals surface area contributed by atoms with Crippen LogP contribution in [-0.4, -0.2) is 27.3 Å². The van der Waals surface area contributed by atoms with E-state index in [0.29, 0.717) is 25.1 Å². The lowest BCUT2D eigenvalue weighted by Gasteiger charge is -2.17. The lowest BCUT2D eigenvalue weighted by molar-refractivity contribution is -0.149. The van der Waals surface area contributed by atoms with E-state index in [4.69, 9.17) is 0 Å².